The molecule has 2 unspecified atom stereocenters. The molecule has 2 heteroatoms. The topological polar surface area (TPSA) is 25.2 Å². The van der Waals surface area contributed by atoms with Crippen LogP contribution in [0.25, 0.3) is 11.0 Å². The number of nitrogens with one attached hydrogen (secondary N) is 1. The van der Waals surface area contributed by atoms with Crippen LogP contribution in [0.3, 0.4) is 0 Å². The highest BCUT2D eigenvalue weighted by atomic mass is 16.3. The van der Waals surface area contributed by atoms with E-state index in [0.717, 1.165) is 11.3 Å². The van der Waals surface area contributed by atoms with E-state index in [4.69, 9.17) is 4.42 Å². The van der Waals surface area contributed by atoms with E-state index in [0.29, 0.717) is 5.92 Å². The SMILES string of the molecule is CNC(c1cc2ccccc2o1)C1CCc2ccccc21. The maximum atomic E-state index is 6.09. The lowest BCUT2D eigenvalue weighted by Crippen LogP contribution is -2.22. The molecule has 0 saturated heterocycles. The molecule has 106 valence electrons. The highest BCUT2D eigenvalue weighted by molar-refractivity contribution is 5.77. The van der Waals surface area contributed by atoms with Gasteiger partial charge in [0.25, 0.3) is 0 Å². The van der Waals surface area contributed by atoms with E-state index in [1.54, 1.807) is 0 Å². The number of fused-ring (bicyclic) bond motifs is 2. The fourth-order valence-corrected chi connectivity index (χ4v) is 3.63. The largest absolute Gasteiger partial charge is 0.459 e. The monoisotopic (exact) mass is 277 g/mol. The molecule has 0 saturated carbocycles. The van der Waals surface area contributed by atoms with Crippen molar-refractivity contribution in [3.8, 4) is 0 Å². The van der Waals surface area contributed by atoms with Crippen LogP contribution in [0.2, 0.25) is 0 Å². The van der Waals surface area contributed by atoms with Gasteiger partial charge in [0.15, 0.2) is 0 Å². The van der Waals surface area contributed by atoms with Crippen LogP contribution in [0.15, 0.2) is 59.0 Å². The molecule has 0 spiro atoms. The fraction of sp³-hybridized carbons (Fsp3) is 0.263. The van der Waals surface area contributed by atoms with Crippen LogP contribution >= 0.6 is 0 Å². The van der Waals surface area contributed by atoms with Crippen LogP contribution < -0.4 is 5.32 Å². The summed E-state index contributed by atoms with van der Waals surface area (Å²) in [4.78, 5) is 0. The molecule has 1 heterocycles. The average molecular weight is 277 g/mol. The Kier molecular flexibility index (Phi) is 3.04. The Hall–Kier alpha value is -2.06. The van der Waals surface area contributed by atoms with E-state index >= 15 is 0 Å². The highest BCUT2D eigenvalue weighted by Gasteiger charge is 2.31. The predicted molar refractivity (Wildman–Crippen MR) is 85.5 cm³/mol. The van der Waals surface area contributed by atoms with E-state index in [9.17, 15) is 0 Å². The van der Waals surface area contributed by atoms with Gasteiger partial charge in [0.05, 0.1) is 6.04 Å². The summed E-state index contributed by atoms with van der Waals surface area (Å²) < 4.78 is 6.09. The third kappa shape index (κ3) is 2.07. The Balaban J connectivity index is 1.75. The number of aryl methyl sites for hydroxylation is 1. The molecule has 1 aromatic heterocycles. The molecule has 1 aliphatic rings. The molecule has 0 fully saturated rings. The van der Waals surface area contributed by atoms with Crippen molar-refractivity contribution in [3.05, 3.63) is 71.5 Å². The van der Waals surface area contributed by atoms with Gasteiger partial charge >= 0.3 is 0 Å². The van der Waals surface area contributed by atoms with Gasteiger partial charge in [-0.25, -0.2) is 0 Å². The molecular weight excluding hydrogens is 258 g/mol. The van der Waals surface area contributed by atoms with Crippen molar-refractivity contribution < 1.29 is 4.42 Å². The Labute approximate surface area is 124 Å². The van der Waals surface area contributed by atoms with Crippen molar-refractivity contribution in [1.82, 2.24) is 5.32 Å². The van der Waals surface area contributed by atoms with Crippen molar-refractivity contribution >= 4 is 11.0 Å². The van der Waals surface area contributed by atoms with Gasteiger partial charge < -0.3 is 9.73 Å². The van der Waals surface area contributed by atoms with E-state index in [2.05, 4.69) is 47.8 Å². The van der Waals surface area contributed by atoms with Gasteiger partial charge in [-0.05, 0) is 43.1 Å². The van der Waals surface area contributed by atoms with Crippen LogP contribution in [0, 0.1) is 0 Å². The van der Waals surface area contributed by atoms with Gasteiger partial charge in [-0.3, -0.25) is 0 Å². The minimum Gasteiger partial charge on any atom is -0.459 e. The quantitative estimate of drug-likeness (QED) is 0.766. The van der Waals surface area contributed by atoms with Crippen molar-refractivity contribution in [2.75, 3.05) is 7.05 Å². The maximum Gasteiger partial charge on any atom is 0.134 e. The lowest BCUT2D eigenvalue weighted by Gasteiger charge is -2.22. The van der Waals surface area contributed by atoms with Gasteiger partial charge in [0.1, 0.15) is 11.3 Å². The second-order valence-corrected chi connectivity index (χ2v) is 5.80. The van der Waals surface area contributed by atoms with Gasteiger partial charge in [-0.1, -0.05) is 42.5 Å². The molecule has 0 amide bonds. The lowest BCUT2D eigenvalue weighted by molar-refractivity contribution is 0.395. The summed E-state index contributed by atoms with van der Waals surface area (Å²) in [6, 6.07) is 19.4. The lowest BCUT2D eigenvalue weighted by atomic mass is 9.91. The summed E-state index contributed by atoms with van der Waals surface area (Å²) in [5.74, 6) is 1.53. The molecule has 2 nitrogen and oxygen atoms in total. The Morgan fingerprint density at radius 3 is 2.76 bits per heavy atom. The predicted octanol–water partition coefficient (Wildman–Crippen LogP) is 4.42. The summed E-state index contributed by atoms with van der Waals surface area (Å²) >= 11 is 0. The van der Waals surface area contributed by atoms with E-state index in [-0.39, 0.29) is 6.04 Å². The molecule has 2 aromatic carbocycles. The zero-order chi connectivity index (χ0) is 14.2. The molecule has 1 N–H and O–H groups in total. The first-order valence-corrected chi connectivity index (χ1v) is 7.60. The zero-order valence-electron chi connectivity index (χ0n) is 12.2. The smallest absolute Gasteiger partial charge is 0.134 e. The number of rotatable bonds is 3. The number of furan rings is 1. The summed E-state index contributed by atoms with van der Waals surface area (Å²) in [6.45, 7) is 0. The average Bonchev–Trinajstić information content (AvgIpc) is 3.13. The number of hydrogen-bond acceptors (Lipinski definition) is 2. The Bertz CT molecular complexity index is 741. The highest BCUT2D eigenvalue weighted by Crippen LogP contribution is 2.42. The molecular formula is C19H19NO. The van der Waals surface area contributed by atoms with Crippen molar-refractivity contribution in [2.24, 2.45) is 0 Å². The Morgan fingerprint density at radius 1 is 1.10 bits per heavy atom. The van der Waals surface area contributed by atoms with E-state index in [1.165, 1.54) is 29.4 Å². The van der Waals surface area contributed by atoms with Crippen molar-refractivity contribution in [1.29, 1.82) is 0 Å². The molecule has 4 rings (SSSR count). The van der Waals surface area contributed by atoms with Crippen molar-refractivity contribution in [2.45, 2.75) is 24.8 Å². The van der Waals surface area contributed by atoms with Gasteiger partial charge in [-0.2, -0.15) is 0 Å². The molecule has 3 aromatic rings. The summed E-state index contributed by atoms with van der Waals surface area (Å²) in [5.41, 5.74) is 3.93. The minimum atomic E-state index is 0.237. The fourth-order valence-electron chi connectivity index (χ4n) is 3.63. The van der Waals surface area contributed by atoms with E-state index in [1.807, 2.05) is 19.2 Å². The first-order chi connectivity index (χ1) is 10.4. The van der Waals surface area contributed by atoms with Gasteiger partial charge in [0, 0.05) is 11.3 Å². The number of likely N-dealkylation sites (N-methyl/N-ethyl adjacent to an activating group) is 1. The van der Waals surface area contributed by atoms with Crippen LogP contribution in [0.1, 0.15) is 35.3 Å². The molecule has 0 radical (unpaired) electrons. The third-order valence-electron chi connectivity index (χ3n) is 4.64. The molecule has 0 aliphatic heterocycles. The van der Waals surface area contributed by atoms with Crippen LogP contribution in [-0.2, 0) is 6.42 Å². The Morgan fingerprint density at radius 2 is 1.90 bits per heavy atom. The molecule has 2 atom stereocenters. The maximum absolute atomic E-state index is 6.09. The summed E-state index contributed by atoms with van der Waals surface area (Å²) in [7, 11) is 2.03. The second-order valence-electron chi connectivity index (χ2n) is 5.80. The zero-order valence-corrected chi connectivity index (χ0v) is 12.2. The molecule has 1 aliphatic carbocycles. The first kappa shape index (κ1) is 12.7. The summed E-state index contributed by atoms with van der Waals surface area (Å²) in [5, 5.41) is 4.65. The van der Waals surface area contributed by atoms with Gasteiger partial charge in [0.2, 0.25) is 0 Å². The number of benzene rings is 2. The van der Waals surface area contributed by atoms with Crippen molar-refractivity contribution in [3.63, 3.8) is 0 Å². The number of hydrogen-bond donors (Lipinski definition) is 1. The minimum absolute atomic E-state index is 0.237. The van der Waals surface area contributed by atoms with Crippen LogP contribution in [0.5, 0.6) is 0 Å². The number of para-hydroxylation sites is 1. The standard InChI is InChI=1S/C19H19NO/c1-20-19(16-11-10-13-6-2-4-8-15(13)16)18-12-14-7-3-5-9-17(14)21-18/h2-9,12,16,19-20H,10-11H2,1H3. The first-order valence-electron chi connectivity index (χ1n) is 7.60. The molecule has 0 bridgehead atoms. The van der Waals surface area contributed by atoms with Gasteiger partial charge in [-0.15, -0.1) is 0 Å². The van der Waals surface area contributed by atoms with E-state index < -0.39 is 0 Å². The van der Waals surface area contributed by atoms with Crippen LogP contribution in [-0.4, -0.2) is 7.05 Å². The third-order valence-corrected chi connectivity index (χ3v) is 4.64. The van der Waals surface area contributed by atoms with Crippen LogP contribution in [0.4, 0.5) is 0 Å². The summed E-state index contributed by atoms with van der Waals surface area (Å²) in [6.07, 6.45) is 2.35. The normalized spacial score (nSPS) is 18.8. The molecule has 21 heavy (non-hydrogen) atoms. The second kappa shape index (κ2) is 5.05.